The number of benzene rings is 1. The van der Waals surface area contributed by atoms with E-state index in [0.29, 0.717) is 23.2 Å². The quantitative estimate of drug-likeness (QED) is 0.449. The SMILES string of the molecule is CC(C)Cc1nnc(NC(=O)CCSc2cc(-c3ccccc3)ncn2)s1. The summed E-state index contributed by atoms with van der Waals surface area (Å²) in [4.78, 5) is 20.7. The van der Waals surface area contributed by atoms with Crippen molar-refractivity contribution in [1.29, 1.82) is 0 Å². The number of hydrogen-bond acceptors (Lipinski definition) is 7. The van der Waals surface area contributed by atoms with Crippen LogP contribution >= 0.6 is 23.1 Å². The molecule has 2 aromatic heterocycles. The Morgan fingerprint density at radius 2 is 2.00 bits per heavy atom. The molecule has 1 N–H and O–H groups in total. The number of carbonyl (C=O) groups is 1. The van der Waals surface area contributed by atoms with Gasteiger partial charge in [-0.05, 0) is 12.0 Å². The highest BCUT2D eigenvalue weighted by molar-refractivity contribution is 7.99. The molecule has 3 aromatic rings. The second kappa shape index (κ2) is 9.57. The summed E-state index contributed by atoms with van der Waals surface area (Å²) in [6.45, 7) is 4.26. The van der Waals surface area contributed by atoms with Crippen LogP contribution in [0.25, 0.3) is 11.3 Å². The van der Waals surface area contributed by atoms with Gasteiger partial charge in [0, 0.05) is 24.2 Å². The number of anilines is 1. The van der Waals surface area contributed by atoms with E-state index in [4.69, 9.17) is 0 Å². The first kappa shape index (κ1) is 19.4. The summed E-state index contributed by atoms with van der Waals surface area (Å²) < 4.78 is 0. The number of aromatic nitrogens is 4. The zero-order valence-electron chi connectivity index (χ0n) is 15.3. The summed E-state index contributed by atoms with van der Waals surface area (Å²) in [5.41, 5.74) is 1.93. The lowest BCUT2D eigenvalue weighted by Gasteiger charge is -2.04. The highest BCUT2D eigenvalue weighted by Gasteiger charge is 2.10. The largest absolute Gasteiger partial charge is 0.301 e. The van der Waals surface area contributed by atoms with Crippen LogP contribution in [0.5, 0.6) is 0 Å². The lowest BCUT2D eigenvalue weighted by molar-refractivity contribution is -0.115. The zero-order chi connectivity index (χ0) is 19.1. The van der Waals surface area contributed by atoms with Crippen LogP contribution in [0, 0.1) is 5.92 Å². The van der Waals surface area contributed by atoms with Gasteiger partial charge in [0.15, 0.2) is 0 Å². The lowest BCUT2D eigenvalue weighted by Crippen LogP contribution is -2.12. The molecule has 27 heavy (non-hydrogen) atoms. The van der Waals surface area contributed by atoms with Gasteiger partial charge < -0.3 is 5.32 Å². The standard InChI is InChI=1S/C19H21N5OS2/c1-13(2)10-18-23-24-19(27-18)22-16(25)8-9-26-17-11-15(20-12-21-17)14-6-4-3-5-7-14/h3-7,11-13H,8-10H2,1-2H3,(H,22,24,25). The third kappa shape index (κ3) is 6.11. The summed E-state index contributed by atoms with van der Waals surface area (Å²) in [6.07, 6.45) is 2.82. The van der Waals surface area contributed by atoms with Crippen LogP contribution in [0.1, 0.15) is 25.3 Å². The molecule has 2 heterocycles. The summed E-state index contributed by atoms with van der Waals surface area (Å²) in [6, 6.07) is 11.9. The Balaban J connectivity index is 1.48. The van der Waals surface area contributed by atoms with E-state index < -0.39 is 0 Å². The minimum Gasteiger partial charge on any atom is -0.301 e. The van der Waals surface area contributed by atoms with Gasteiger partial charge in [-0.1, -0.05) is 55.5 Å². The molecule has 3 rings (SSSR count). The van der Waals surface area contributed by atoms with Gasteiger partial charge in [0.25, 0.3) is 0 Å². The number of hydrogen-bond donors (Lipinski definition) is 1. The third-order valence-corrected chi connectivity index (χ3v) is 5.37. The van der Waals surface area contributed by atoms with Crippen LogP contribution in [-0.2, 0) is 11.2 Å². The molecule has 0 aliphatic heterocycles. The maximum absolute atomic E-state index is 12.1. The molecule has 0 aliphatic rings. The van der Waals surface area contributed by atoms with E-state index in [1.54, 1.807) is 6.33 Å². The Morgan fingerprint density at radius 3 is 2.78 bits per heavy atom. The van der Waals surface area contributed by atoms with E-state index in [2.05, 4.69) is 39.3 Å². The van der Waals surface area contributed by atoms with Gasteiger partial charge >= 0.3 is 0 Å². The van der Waals surface area contributed by atoms with Gasteiger partial charge in [0.05, 0.1) is 10.7 Å². The van der Waals surface area contributed by atoms with Crippen molar-refractivity contribution in [2.45, 2.75) is 31.7 Å². The van der Waals surface area contributed by atoms with Crippen molar-refractivity contribution in [3.05, 3.63) is 47.7 Å². The lowest BCUT2D eigenvalue weighted by atomic mass is 10.1. The van der Waals surface area contributed by atoms with Crippen molar-refractivity contribution in [2.75, 3.05) is 11.1 Å². The van der Waals surface area contributed by atoms with Crippen molar-refractivity contribution in [3.8, 4) is 11.3 Å². The van der Waals surface area contributed by atoms with Gasteiger partial charge in [-0.15, -0.1) is 22.0 Å². The number of rotatable bonds is 8. The first-order valence-electron chi connectivity index (χ1n) is 8.72. The van der Waals surface area contributed by atoms with E-state index >= 15 is 0 Å². The molecule has 0 radical (unpaired) electrons. The molecule has 0 atom stereocenters. The number of nitrogens with zero attached hydrogens (tertiary/aromatic N) is 4. The normalized spacial score (nSPS) is 10.9. The predicted octanol–water partition coefficient (Wildman–Crippen LogP) is 4.31. The Kier molecular flexibility index (Phi) is 6.89. The van der Waals surface area contributed by atoms with Gasteiger partial charge in [-0.25, -0.2) is 9.97 Å². The average molecular weight is 400 g/mol. The van der Waals surface area contributed by atoms with Crippen molar-refractivity contribution >= 4 is 34.1 Å². The molecule has 1 amide bonds. The first-order valence-corrected chi connectivity index (χ1v) is 10.5. The molecule has 0 aliphatic carbocycles. The minimum absolute atomic E-state index is 0.0629. The fourth-order valence-corrected chi connectivity index (χ4v) is 4.13. The number of amides is 1. The van der Waals surface area contributed by atoms with Crippen LogP contribution in [-0.4, -0.2) is 31.8 Å². The summed E-state index contributed by atoms with van der Waals surface area (Å²) in [5, 5.41) is 13.3. The van der Waals surface area contributed by atoms with E-state index in [9.17, 15) is 4.79 Å². The first-order chi connectivity index (χ1) is 13.1. The van der Waals surface area contributed by atoms with Crippen LogP contribution in [0.2, 0.25) is 0 Å². The second-order valence-corrected chi connectivity index (χ2v) is 8.53. The molecular weight excluding hydrogens is 378 g/mol. The highest BCUT2D eigenvalue weighted by atomic mass is 32.2. The van der Waals surface area contributed by atoms with Crippen molar-refractivity contribution in [2.24, 2.45) is 5.92 Å². The monoisotopic (exact) mass is 399 g/mol. The Morgan fingerprint density at radius 1 is 1.19 bits per heavy atom. The van der Waals surface area contributed by atoms with E-state index in [1.807, 2.05) is 36.4 Å². The van der Waals surface area contributed by atoms with Crippen molar-refractivity contribution in [1.82, 2.24) is 20.2 Å². The average Bonchev–Trinajstić information content (AvgIpc) is 3.08. The van der Waals surface area contributed by atoms with Gasteiger partial charge in [-0.2, -0.15) is 0 Å². The molecule has 6 nitrogen and oxygen atoms in total. The molecule has 140 valence electrons. The molecular formula is C19H21N5OS2. The highest BCUT2D eigenvalue weighted by Crippen LogP contribution is 2.23. The van der Waals surface area contributed by atoms with Crippen molar-refractivity contribution < 1.29 is 4.79 Å². The van der Waals surface area contributed by atoms with Gasteiger partial charge in [0.1, 0.15) is 11.3 Å². The molecule has 0 spiro atoms. The number of carbonyl (C=O) groups excluding carboxylic acids is 1. The topological polar surface area (TPSA) is 80.7 Å². The number of nitrogens with one attached hydrogen (secondary N) is 1. The van der Waals surface area contributed by atoms with Gasteiger partial charge in [0.2, 0.25) is 11.0 Å². The fraction of sp³-hybridized carbons (Fsp3) is 0.316. The Bertz CT molecular complexity index is 883. The van der Waals surface area contributed by atoms with Crippen LogP contribution in [0.4, 0.5) is 5.13 Å². The Hall–Kier alpha value is -2.32. The van der Waals surface area contributed by atoms with Crippen LogP contribution in [0.3, 0.4) is 0 Å². The van der Waals surface area contributed by atoms with Crippen LogP contribution in [0.15, 0.2) is 47.8 Å². The summed E-state index contributed by atoms with van der Waals surface area (Å²) in [5.74, 6) is 1.09. The Labute approximate surface area is 166 Å². The maximum atomic E-state index is 12.1. The molecule has 0 bridgehead atoms. The van der Waals surface area contributed by atoms with Crippen LogP contribution < -0.4 is 5.32 Å². The second-order valence-electron chi connectivity index (χ2n) is 6.35. The predicted molar refractivity (Wildman–Crippen MR) is 110 cm³/mol. The fourth-order valence-electron chi connectivity index (χ4n) is 2.35. The minimum atomic E-state index is -0.0629. The maximum Gasteiger partial charge on any atom is 0.227 e. The summed E-state index contributed by atoms with van der Waals surface area (Å²) in [7, 11) is 0. The molecule has 0 fully saturated rings. The molecule has 0 unspecified atom stereocenters. The zero-order valence-corrected chi connectivity index (χ0v) is 16.9. The van der Waals surface area contributed by atoms with E-state index in [-0.39, 0.29) is 5.91 Å². The molecule has 1 aromatic carbocycles. The molecule has 0 saturated carbocycles. The third-order valence-electron chi connectivity index (χ3n) is 3.59. The van der Waals surface area contributed by atoms with Gasteiger partial charge in [-0.3, -0.25) is 4.79 Å². The number of thioether (sulfide) groups is 1. The molecule has 0 saturated heterocycles. The van der Waals surface area contributed by atoms with E-state index in [1.165, 1.54) is 23.1 Å². The molecule has 8 heteroatoms. The summed E-state index contributed by atoms with van der Waals surface area (Å²) >= 11 is 2.97. The van der Waals surface area contributed by atoms with Crippen molar-refractivity contribution in [3.63, 3.8) is 0 Å². The smallest absolute Gasteiger partial charge is 0.227 e. The van der Waals surface area contributed by atoms with E-state index in [0.717, 1.165) is 27.7 Å².